The quantitative estimate of drug-likeness (QED) is 0.807. The van der Waals surface area contributed by atoms with E-state index < -0.39 is 35.2 Å². The fraction of sp³-hybridized carbons (Fsp3) is 0.500. The SMILES string of the molecule is COC(=O)C1(NC(=O)[C@H](C)NC(=O)OC(C)(C)C)Cc2ccccc21. The van der Waals surface area contributed by atoms with Crippen LogP contribution in [0.3, 0.4) is 0 Å². The van der Waals surface area contributed by atoms with Crippen LogP contribution in [0, 0.1) is 0 Å². The van der Waals surface area contributed by atoms with Crippen LogP contribution in [0.2, 0.25) is 0 Å². The van der Waals surface area contributed by atoms with Gasteiger partial charge >= 0.3 is 12.1 Å². The van der Waals surface area contributed by atoms with Gasteiger partial charge in [0.05, 0.1) is 7.11 Å². The fourth-order valence-electron chi connectivity index (χ4n) is 2.75. The van der Waals surface area contributed by atoms with E-state index in [1.54, 1.807) is 32.9 Å². The van der Waals surface area contributed by atoms with Gasteiger partial charge in [0.2, 0.25) is 5.91 Å². The molecule has 0 radical (unpaired) electrons. The first kappa shape index (κ1) is 18.8. The van der Waals surface area contributed by atoms with Gasteiger partial charge in [-0.3, -0.25) is 4.79 Å². The minimum Gasteiger partial charge on any atom is -0.467 e. The molecule has 7 heteroatoms. The summed E-state index contributed by atoms with van der Waals surface area (Å²) in [5.74, 6) is -1.03. The Morgan fingerprint density at radius 2 is 1.84 bits per heavy atom. The molecule has 0 aliphatic heterocycles. The minimum absolute atomic E-state index is 0.348. The lowest BCUT2D eigenvalue weighted by Gasteiger charge is -2.42. The largest absolute Gasteiger partial charge is 0.467 e. The normalized spacial score (nSPS) is 19.7. The lowest BCUT2D eigenvalue weighted by Crippen LogP contribution is -2.62. The van der Waals surface area contributed by atoms with Crippen LogP contribution in [0.15, 0.2) is 24.3 Å². The molecule has 1 aliphatic carbocycles. The molecule has 0 aromatic heterocycles. The zero-order valence-corrected chi connectivity index (χ0v) is 15.1. The van der Waals surface area contributed by atoms with Crippen LogP contribution < -0.4 is 10.6 Å². The second kappa shape index (κ2) is 6.74. The van der Waals surface area contributed by atoms with Crippen LogP contribution in [0.1, 0.15) is 38.8 Å². The third kappa shape index (κ3) is 3.92. The predicted octanol–water partition coefficient (Wildman–Crippen LogP) is 1.64. The number of nitrogens with one attached hydrogen (secondary N) is 2. The number of esters is 1. The van der Waals surface area contributed by atoms with Crippen LogP contribution >= 0.6 is 0 Å². The van der Waals surface area contributed by atoms with Crippen molar-refractivity contribution < 1.29 is 23.9 Å². The van der Waals surface area contributed by atoms with Gasteiger partial charge in [0.15, 0.2) is 5.54 Å². The molecule has 0 bridgehead atoms. The lowest BCUT2D eigenvalue weighted by molar-refractivity contribution is -0.153. The molecule has 2 N–H and O–H groups in total. The Balaban J connectivity index is 2.09. The molecule has 0 heterocycles. The van der Waals surface area contributed by atoms with Crippen molar-refractivity contribution in [3.8, 4) is 0 Å². The van der Waals surface area contributed by atoms with Crippen molar-refractivity contribution in [2.24, 2.45) is 0 Å². The summed E-state index contributed by atoms with van der Waals surface area (Å²) < 4.78 is 10.0. The molecule has 0 saturated carbocycles. The molecule has 1 unspecified atom stereocenters. The number of ether oxygens (including phenoxy) is 2. The van der Waals surface area contributed by atoms with E-state index in [9.17, 15) is 14.4 Å². The minimum atomic E-state index is -1.22. The van der Waals surface area contributed by atoms with E-state index in [-0.39, 0.29) is 0 Å². The molecule has 2 rings (SSSR count). The Labute approximate surface area is 147 Å². The highest BCUT2D eigenvalue weighted by Gasteiger charge is 2.51. The molecule has 1 aliphatic rings. The molecule has 1 aromatic rings. The van der Waals surface area contributed by atoms with Crippen molar-refractivity contribution >= 4 is 18.0 Å². The number of methoxy groups -OCH3 is 1. The van der Waals surface area contributed by atoms with Gasteiger partial charge in [-0.15, -0.1) is 0 Å². The van der Waals surface area contributed by atoms with E-state index in [1.807, 2.05) is 12.1 Å². The Morgan fingerprint density at radius 1 is 1.20 bits per heavy atom. The average Bonchev–Trinajstić information content (AvgIpc) is 2.49. The van der Waals surface area contributed by atoms with Crippen molar-refractivity contribution in [3.63, 3.8) is 0 Å². The van der Waals surface area contributed by atoms with E-state index in [1.165, 1.54) is 14.0 Å². The summed E-state index contributed by atoms with van der Waals surface area (Å²) in [7, 11) is 1.28. The summed E-state index contributed by atoms with van der Waals surface area (Å²) >= 11 is 0. The fourth-order valence-corrected chi connectivity index (χ4v) is 2.75. The van der Waals surface area contributed by atoms with Crippen LogP contribution in [0.4, 0.5) is 4.79 Å². The second-order valence-corrected chi connectivity index (χ2v) is 7.09. The van der Waals surface area contributed by atoms with Crippen LogP contribution in [-0.2, 0) is 31.0 Å². The first-order chi connectivity index (χ1) is 11.6. The molecule has 7 nitrogen and oxygen atoms in total. The molecule has 136 valence electrons. The third-order valence-electron chi connectivity index (χ3n) is 3.93. The maximum Gasteiger partial charge on any atom is 0.408 e. The summed E-state index contributed by atoms with van der Waals surface area (Å²) in [4.78, 5) is 36.6. The number of amides is 2. The monoisotopic (exact) mass is 348 g/mol. The van der Waals surface area contributed by atoms with Gasteiger partial charge in [-0.1, -0.05) is 24.3 Å². The maximum absolute atomic E-state index is 12.5. The van der Waals surface area contributed by atoms with Crippen molar-refractivity contribution in [2.45, 2.75) is 51.3 Å². The van der Waals surface area contributed by atoms with Crippen LogP contribution in [-0.4, -0.2) is 36.7 Å². The zero-order valence-electron chi connectivity index (χ0n) is 15.1. The van der Waals surface area contributed by atoms with Gasteiger partial charge in [-0.2, -0.15) is 0 Å². The number of fused-ring (bicyclic) bond motifs is 1. The molecule has 2 atom stereocenters. The highest BCUT2D eigenvalue weighted by molar-refractivity contribution is 5.94. The van der Waals surface area contributed by atoms with Gasteiger partial charge in [0.1, 0.15) is 11.6 Å². The predicted molar refractivity (Wildman–Crippen MR) is 90.8 cm³/mol. The molecular weight excluding hydrogens is 324 g/mol. The first-order valence-electron chi connectivity index (χ1n) is 8.07. The van der Waals surface area contributed by atoms with Gasteiger partial charge in [-0.25, -0.2) is 9.59 Å². The van der Waals surface area contributed by atoms with Crippen molar-refractivity contribution in [2.75, 3.05) is 7.11 Å². The van der Waals surface area contributed by atoms with Gasteiger partial charge < -0.3 is 20.1 Å². The van der Waals surface area contributed by atoms with Gasteiger partial charge in [0, 0.05) is 6.42 Å². The van der Waals surface area contributed by atoms with Gasteiger partial charge in [-0.05, 0) is 38.8 Å². The average molecular weight is 348 g/mol. The van der Waals surface area contributed by atoms with E-state index in [0.717, 1.165) is 5.56 Å². The van der Waals surface area contributed by atoms with E-state index >= 15 is 0 Å². The topological polar surface area (TPSA) is 93.7 Å². The number of carbonyl (C=O) groups is 3. The maximum atomic E-state index is 12.5. The molecule has 1 aromatic carbocycles. The van der Waals surface area contributed by atoms with Crippen molar-refractivity contribution in [3.05, 3.63) is 35.4 Å². The number of benzene rings is 1. The zero-order chi connectivity index (χ0) is 18.8. The summed E-state index contributed by atoms with van der Waals surface area (Å²) in [5, 5.41) is 5.18. The van der Waals surface area contributed by atoms with Crippen LogP contribution in [0.5, 0.6) is 0 Å². The summed E-state index contributed by atoms with van der Waals surface area (Å²) in [5.41, 5.74) is -0.201. The summed E-state index contributed by atoms with van der Waals surface area (Å²) in [6.45, 7) is 6.72. The molecule has 0 fully saturated rings. The molecular formula is C18H24N2O5. The summed E-state index contributed by atoms with van der Waals surface area (Å²) in [6, 6.07) is 6.47. The number of hydrogen-bond donors (Lipinski definition) is 2. The van der Waals surface area contributed by atoms with E-state index in [4.69, 9.17) is 9.47 Å². The van der Waals surface area contributed by atoms with Gasteiger partial charge in [0.25, 0.3) is 0 Å². The number of alkyl carbamates (subject to hydrolysis) is 1. The standard InChI is InChI=1S/C18H24N2O5/c1-11(19-16(23)25-17(2,3)4)14(21)20-18(15(22)24-5)10-12-8-6-7-9-13(12)18/h6-9,11H,10H2,1-5H3,(H,19,23)(H,20,21)/t11-,18?/m0/s1. The van der Waals surface area contributed by atoms with Crippen molar-refractivity contribution in [1.29, 1.82) is 0 Å². The highest BCUT2D eigenvalue weighted by Crippen LogP contribution is 2.40. The lowest BCUT2D eigenvalue weighted by atomic mass is 9.70. The number of hydrogen-bond acceptors (Lipinski definition) is 5. The van der Waals surface area contributed by atoms with E-state index in [2.05, 4.69) is 10.6 Å². The molecule has 25 heavy (non-hydrogen) atoms. The van der Waals surface area contributed by atoms with E-state index in [0.29, 0.717) is 12.0 Å². The van der Waals surface area contributed by atoms with Crippen molar-refractivity contribution in [1.82, 2.24) is 10.6 Å². The first-order valence-corrected chi connectivity index (χ1v) is 8.07. The molecule has 0 spiro atoms. The highest BCUT2D eigenvalue weighted by atomic mass is 16.6. The Kier molecular flexibility index (Phi) is 5.06. The smallest absolute Gasteiger partial charge is 0.408 e. The van der Waals surface area contributed by atoms with Crippen LogP contribution in [0.25, 0.3) is 0 Å². The number of rotatable bonds is 4. The Bertz CT molecular complexity index is 695. The Morgan fingerprint density at radius 3 is 2.40 bits per heavy atom. The second-order valence-electron chi connectivity index (χ2n) is 7.09. The molecule has 2 amide bonds. The third-order valence-corrected chi connectivity index (χ3v) is 3.93. The number of carbonyl (C=O) groups excluding carboxylic acids is 3. The molecule has 0 saturated heterocycles. The Hall–Kier alpha value is -2.57. The summed E-state index contributed by atoms with van der Waals surface area (Å²) in [6.07, 6.45) is -0.350.